The van der Waals surface area contributed by atoms with Crippen LogP contribution in [0.4, 0.5) is 0 Å². The standard InChI is InChI=1S/C11H9NO5S/c13-8(14)5-18(17)10-6-3-1-2-4-7(6)12-9(10)11(15)16/h1-4,12H,5H2,(H,13,14)(H,15,16). The lowest BCUT2D eigenvalue weighted by atomic mass is 10.2. The number of carbonyl (C=O) groups is 2. The zero-order chi connectivity index (χ0) is 13.3. The Morgan fingerprint density at radius 3 is 2.50 bits per heavy atom. The number of rotatable bonds is 4. The average molecular weight is 267 g/mol. The van der Waals surface area contributed by atoms with Crippen molar-refractivity contribution in [1.29, 1.82) is 0 Å². The third-order valence-electron chi connectivity index (χ3n) is 2.35. The van der Waals surface area contributed by atoms with Gasteiger partial charge in [-0.1, -0.05) is 18.2 Å². The van der Waals surface area contributed by atoms with Crippen LogP contribution in [-0.4, -0.2) is 37.1 Å². The van der Waals surface area contributed by atoms with E-state index in [9.17, 15) is 13.8 Å². The first-order valence-corrected chi connectivity index (χ1v) is 6.26. The van der Waals surface area contributed by atoms with Gasteiger partial charge in [0.1, 0.15) is 11.4 Å². The summed E-state index contributed by atoms with van der Waals surface area (Å²) in [5.41, 5.74) is 0.291. The first kappa shape index (κ1) is 12.3. The van der Waals surface area contributed by atoms with E-state index < -0.39 is 28.5 Å². The Morgan fingerprint density at radius 2 is 1.89 bits per heavy atom. The average Bonchev–Trinajstić information content (AvgIpc) is 2.67. The highest BCUT2D eigenvalue weighted by molar-refractivity contribution is 7.86. The minimum atomic E-state index is -1.90. The van der Waals surface area contributed by atoms with Crippen molar-refractivity contribution in [1.82, 2.24) is 4.98 Å². The lowest BCUT2D eigenvalue weighted by Gasteiger charge is -1.99. The normalized spacial score (nSPS) is 12.4. The van der Waals surface area contributed by atoms with Crippen molar-refractivity contribution in [3.05, 3.63) is 30.0 Å². The molecule has 0 bridgehead atoms. The van der Waals surface area contributed by atoms with Gasteiger partial charge in [-0.2, -0.15) is 0 Å². The van der Waals surface area contributed by atoms with Crippen molar-refractivity contribution >= 4 is 33.6 Å². The highest BCUT2D eigenvalue weighted by atomic mass is 32.2. The maximum Gasteiger partial charge on any atom is 0.353 e. The van der Waals surface area contributed by atoms with E-state index in [0.29, 0.717) is 10.9 Å². The van der Waals surface area contributed by atoms with E-state index >= 15 is 0 Å². The molecule has 3 N–H and O–H groups in total. The van der Waals surface area contributed by atoms with Crippen molar-refractivity contribution < 1.29 is 24.0 Å². The summed E-state index contributed by atoms with van der Waals surface area (Å²) in [6, 6.07) is 6.62. The number of hydrogen-bond donors (Lipinski definition) is 3. The van der Waals surface area contributed by atoms with E-state index in [1.54, 1.807) is 24.3 Å². The molecule has 0 spiro atoms. The summed E-state index contributed by atoms with van der Waals surface area (Å²) in [4.78, 5) is 24.3. The molecule has 1 aromatic heterocycles. The maximum absolute atomic E-state index is 11.9. The number of aromatic carboxylic acids is 1. The second-order valence-electron chi connectivity index (χ2n) is 3.56. The number of H-pyrrole nitrogens is 1. The van der Waals surface area contributed by atoms with Crippen LogP contribution in [0.3, 0.4) is 0 Å². The molecule has 94 valence electrons. The van der Waals surface area contributed by atoms with Gasteiger partial charge in [0.2, 0.25) is 0 Å². The number of hydrogen-bond acceptors (Lipinski definition) is 3. The molecule has 0 amide bonds. The van der Waals surface area contributed by atoms with E-state index in [1.807, 2.05) is 0 Å². The fourth-order valence-electron chi connectivity index (χ4n) is 1.69. The van der Waals surface area contributed by atoms with Crippen LogP contribution in [0.5, 0.6) is 0 Å². The minimum Gasteiger partial charge on any atom is -0.481 e. The molecule has 0 saturated carbocycles. The Balaban J connectivity index is 2.65. The van der Waals surface area contributed by atoms with Crippen molar-refractivity contribution in [2.75, 3.05) is 5.75 Å². The van der Waals surface area contributed by atoms with Crippen LogP contribution in [0.2, 0.25) is 0 Å². The van der Waals surface area contributed by atoms with Gasteiger partial charge in [-0.3, -0.25) is 9.00 Å². The molecule has 0 aliphatic heterocycles. The molecule has 0 aliphatic rings. The van der Waals surface area contributed by atoms with E-state index in [0.717, 1.165) is 0 Å². The van der Waals surface area contributed by atoms with E-state index in [2.05, 4.69) is 4.98 Å². The van der Waals surface area contributed by atoms with Crippen LogP contribution >= 0.6 is 0 Å². The Morgan fingerprint density at radius 1 is 1.22 bits per heavy atom. The minimum absolute atomic E-state index is 0.0282. The number of aromatic amines is 1. The highest BCUT2D eigenvalue weighted by Gasteiger charge is 2.22. The van der Waals surface area contributed by atoms with Crippen molar-refractivity contribution in [2.24, 2.45) is 0 Å². The molecule has 18 heavy (non-hydrogen) atoms. The first-order valence-electron chi connectivity index (χ1n) is 4.95. The number of aliphatic carboxylic acids is 1. The maximum atomic E-state index is 11.9. The molecular formula is C11H9NO5S. The third-order valence-corrected chi connectivity index (χ3v) is 3.74. The van der Waals surface area contributed by atoms with Gasteiger partial charge in [0.25, 0.3) is 0 Å². The van der Waals surface area contributed by atoms with E-state index in [1.165, 1.54) is 0 Å². The molecule has 0 aliphatic carbocycles. The molecule has 7 heteroatoms. The predicted octanol–water partition coefficient (Wildman–Crippen LogP) is 1.06. The summed E-state index contributed by atoms with van der Waals surface area (Å²) >= 11 is 0. The van der Waals surface area contributed by atoms with Crippen LogP contribution < -0.4 is 0 Å². The molecule has 1 atom stereocenters. The predicted molar refractivity (Wildman–Crippen MR) is 64.2 cm³/mol. The van der Waals surface area contributed by atoms with Gasteiger partial charge in [0.05, 0.1) is 15.7 Å². The smallest absolute Gasteiger partial charge is 0.353 e. The third kappa shape index (κ3) is 2.12. The van der Waals surface area contributed by atoms with Gasteiger partial charge in [-0.15, -0.1) is 0 Å². The highest BCUT2D eigenvalue weighted by Crippen LogP contribution is 2.25. The van der Waals surface area contributed by atoms with Gasteiger partial charge in [0, 0.05) is 10.9 Å². The SMILES string of the molecule is O=C(O)CS(=O)c1c(C(=O)O)[nH]c2ccccc12. The Labute approximate surface area is 104 Å². The number of fused-ring (bicyclic) bond motifs is 1. The second kappa shape index (κ2) is 4.61. The first-order chi connectivity index (χ1) is 8.50. The summed E-state index contributed by atoms with van der Waals surface area (Å²) in [6.07, 6.45) is 0. The van der Waals surface area contributed by atoms with Gasteiger partial charge < -0.3 is 15.2 Å². The Hall–Kier alpha value is -2.15. The van der Waals surface area contributed by atoms with Crippen LogP contribution in [-0.2, 0) is 15.6 Å². The van der Waals surface area contributed by atoms with Gasteiger partial charge >= 0.3 is 11.9 Å². The largest absolute Gasteiger partial charge is 0.481 e. The Bertz CT molecular complexity index is 660. The Kier molecular flexibility index (Phi) is 3.15. The molecule has 1 aromatic carbocycles. The molecule has 2 aromatic rings. The van der Waals surface area contributed by atoms with E-state index in [4.69, 9.17) is 10.2 Å². The molecule has 0 fully saturated rings. The second-order valence-corrected chi connectivity index (χ2v) is 4.95. The van der Waals surface area contributed by atoms with Crippen molar-refractivity contribution in [3.8, 4) is 0 Å². The molecule has 0 radical (unpaired) electrons. The summed E-state index contributed by atoms with van der Waals surface area (Å²) in [5.74, 6) is -3.13. The topological polar surface area (TPSA) is 107 Å². The number of nitrogens with one attached hydrogen (secondary N) is 1. The van der Waals surface area contributed by atoms with Crippen LogP contribution in [0.15, 0.2) is 29.2 Å². The van der Waals surface area contributed by atoms with Crippen molar-refractivity contribution in [3.63, 3.8) is 0 Å². The van der Waals surface area contributed by atoms with Crippen LogP contribution in [0.25, 0.3) is 10.9 Å². The monoisotopic (exact) mass is 267 g/mol. The zero-order valence-electron chi connectivity index (χ0n) is 9.04. The lowest BCUT2D eigenvalue weighted by Crippen LogP contribution is -2.12. The van der Waals surface area contributed by atoms with Gasteiger partial charge in [-0.05, 0) is 6.07 Å². The van der Waals surface area contributed by atoms with Gasteiger partial charge in [0.15, 0.2) is 0 Å². The lowest BCUT2D eigenvalue weighted by molar-refractivity contribution is -0.133. The van der Waals surface area contributed by atoms with Crippen LogP contribution in [0, 0.1) is 0 Å². The molecule has 1 unspecified atom stereocenters. The van der Waals surface area contributed by atoms with Crippen molar-refractivity contribution in [2.45, 2.75) is 4.90 Å². The number of aromatic nitrogens is 1. The zero-order valence-corrected chi connectivity index (χ0v) is 9.86. The quantitative estimate of drug-likeness (QED) is 0.767. The summed E-state index contributed by atoms with van der Waals surface area (Å²) in [7, 11) is -1.90. The van der Waals surface area contributed by atoms with E-state index in [-0.39, 0.29) is 10.6 Å². The van der Waals surface area contributed by atoms with Gasteiger partial charge in [-0.25, -0.2) is 4.79 Å². The summed E-state index contributed by atoms with van der Waals surface area (Å²) in [6.45, 7) is 0. The van der Waals surface area contributed by atoms with Crippen LogP contribution in [0.1, 0.15) is 10.5 Å². The molecule has 2 rings (SSSR count). The number of carboxylic acid groups (broad SMARTS) is 2. The summed E-state index contributed by atoms with van der Waals surface area (Å²) in [5, 5.41) is 18.1. The molecule has 6 nitrogen and oxygen atoms in total. The number of benzene rings is 1. The number of carboxylic acids is 2. The molecule has 0 saturated heterocycles. The fourth-order valence-corrected chi connectivity index (χ4v) is 2.85. The number of para-hydroxylation sites is 1. The molecule has 1 heterocycles. The fraction of sp³-hybridized carbons (Fsp3) is 0.0909. The summed E-state index contributed by atoms with van der Waals surface area (Å²) < 4.78 is 11.9. The molecular weight excluding hydrogens is 258 g/mol.